The van der Waals surface area contributed by atoms with Gasteiger partial charge < -0.3 is 19.8 Å². The molecule has 0 aromatic heterocycles. The number of piperidine rings is 2. The highest BCUT2D eigenvalue weighted by Gasteiger charge is 2.33. The van der Waals surface area contributed by atoms with E-state index in [4.69, 9.17) is 0 Å². The number of amides is 1. The van der Waals surface area contributed by atoms with E-state index in [1.807, 2.05) is 11.0 Å². The minimum absolute atomic E-state index is 0.289. The van der Waals surface area contributed by atoms with Crippen LogP contribution in [0, 0.1) is 5.92 Å². The van der Waals surface area contributed by atoms with Crippen LogP contribution in [0.1, 0.15) is 55.3 Å². The number of rotatable bonds is 5. The number of hydrogen-bond donors (Lipinski definition) is 1. The van der Waals surface area contributed by atoms with Crippen LogP contribution in [0.25, 0.3) is 0 Å². The molecule has 0 saturated carbocycles. The van der Waals surface area contributed by atoms with Crippen molar-refractivity contribution in [3.05, 3.63) is 29.8 Å². The van der Waals surface area contributed by atoms with Crippen LogP contribution in [0.2, 0.25) is 0 Å². The van der Waals surface area contributed by atoms with Gasteiger partial charge in [-0.3, -0.25) is 4.79 Å². The minimum atomic E-state index is -0.903. The predicted molar refractivity (Wildman–Crippen MR) is 113 cm³/mol. The van der Waals surface area contributed by atoms with Gasteiger partial charge in [0.1, 0.15) is 0 Å². The SMILES string of the molecule is O=C(O)c1cccc(N2CCN(C(=O)CC[C@@H]3CCCN4CCCC[C@H]34)CC2)c1. The van der Waals surface area contributed by atoms with Gasteiger partial charge >= 0.3 is 5.97 Å². The summed E-state index contributed by atoms with van der Waals surface area (Å²) in [4.78, 5) is 30.8. The minimum Gasteiger partial charge on any atom is -0.478 e. The average Bonchev–Trinajstić information content (AvgIpc) is 2.77. The molecule has 1 aromatic rings. The van der Waals surface area contributed by atoms with Gasteiger partial charge in [-0.2, -0.15) is 0 Å². The summed E-state index contributed by atoms with van der Waals surface area (Å²) in [5.74, 6) is 0.0739. The van der Waals surface area contributed by atoms with Gasteiger partial charge in [-0.1, -0.05) is 12.5 Å². The van der Waals surface area contributed by atoms with Gasteiger partial charge in [-0.15, -0.1) is 0 Å². The number of hydrogen-bond acceptors (Lipinski definition) is 4. The third kappa shape index (κ3) is 4.74. The van der Waals surface area contributed by atoms with Crippen molar-refractivity contribution >= 4 is 17.6 Å². The Morgan fingerprint density at radius 2 is 1.76 bits per heavy atom. The summed E-state index contributed by atoms with van der Waals surface area (Å²) in [5, 5.41) is 9.19. The zero-order chi connectivity index (χ0) is 20.2. The first-order chi connectivity index (χ1) is 14.1. The molecular formula is C23H33N3O3. The highest BCUT2D eigenvalue weighted by Crippen LogP contribution is 2.33. The quantitative estimate of drug-likeness (QED) is 0.824. The fraction of sp³-hybridized carbons (Fsp3) is 0.652. The molecule has 29 heavy (non-hydrogen) atoms. The van der Waals surface area contributed by atoms with Crippen LogP contribution in [0.4, 0.5) is 5.69 Å². The summed E-state index contributed by atoms with van der Waals surface area (Å²) in [7, 11) is 0. The predicted octanol–water partition coefficient (Wildman–Crippen LogP) is 3.08. The van der Waals surface area contributed by atoms with Crippen molar-refractivity contribution in [1.82, 2.24) is 9.80 Å². The van der Waals surface area contributed by atoms with Gasteiger partial charge in [0.2, 0.25) is 5.91 Å². The molecule has 0 unspecified atom stereocenters. The van der Waals surface area contributed by atoms with Crippen molar-refractivity contribution in [1.29, 1.82) is 0 Å². The van der Waals surface area contributed by atoms with Crippen molar-refractivity contribution in [2.75, 3.05) is 44.2 Å². The summed E-state index contributed by atoms with van der Waals surface area (Å²) < 4.78 is 0. The number of carbonyl (C=O) groups is 2. The number of anilines is 1. The molecule has 0 spiro atoms. The Balaban J connectivity index is 1.26. The lowest BCUT2D eigenvalue weighted by Crippen LogP contribution is -2.50. The van der Waals surface area contributed by atoms with E-state index in [1.54, 1.807) is 18.2 Å². The van der Waals surface area contributed by atoms with Crippen molar-refractivity contribution in [2.24, 2.45) is 5.92 Å². The highest BCUT2D eigenvalue weighted by atomic mass is 16.4. The monoisotopic (exact) mass is 399 g/mol. The average molecular weight is 400 g/mol. The Hall–Kier alpha value is -2.08. The molecule has 158 valence electrons. The van der Waals surface area contributed by atoms with E-state index >= 15 is 0 Å². The molecule has 3 saturated heterocycles. The second-order valence-electron chi connectivity index (χ2n) is 8.76. The molecule has 3 fully saturated rings. The van der Waals surface area contributed by atoms with Crippen molar-refractivity contribution in [2.45, 2.75) is 51.0 Å². The van der Waals surface area contributed by atoms with Crippen LogP contribution in [-0.4, -0.2) is 72.1 Å². The first-order valence-corrected chi connectivity index (χ1v) is 11.2. The Kier molecular flexibility index (Phi) is 6.38. The molecule has 1 aromatic carbocycles. The number of carbonyl (C=O) groups excluding carboxylic acids is 1. The molecule has 2 atom stereocenters. The van der Waals surface area contributed by atoms with Crippen LogP contribution in [0.3, 0.4) is 0 Å². The second-order valence-corrected chi connectivity index (χ2v) is 8.76. The molecule has 0 radical (unpaired) electrons. The number of carboxylic acid groups (broad SMARTS) is 1. The van der Waals surface area contributed by atoms with Crippen molar-refractivity contribution < 1.29 is 14.7 Å². The number of fused-ring (bicyclic) bond motifs is 1. The first kappa shape index (κ1) is 20.2. The van der Waals surface area contributed by atoms with Crippen LogP contribution < -0.4 is 4.90 Å². The van der Waals surface area contributed by atoms with Gasteiger partial charge in [-0.05, 0) is 69.3 Å². The third-order valence-corrected chi connectivity index (χ3v) is 7.05. The molecule has 0 aliphatic carbocycles. The Morgan fingerprint density at radius 1 is 0.966 bits per heavy atom. The van der Waals surface area contributed by atoms with E-state index < -0.39 is 5.97 Å². The normalized spacial score (nSPS) is 25.5. The second kappa shape index (κ2) is 9.16. The molecule has 4 rings (SSSR count). The summed E-state index contributed by atoms with van der Waals surface area (Å²) >= 11 is 0. The van der Waals surface area contributed by atoms with Crippen molar-refractivity contribution in [3.8, 4) is 0 Å². The van der Waals surface area contributed by atoms with Crippen LogP contribution >= 0.6 is 0 Å². The maximum absolute atomic E-state index is 12.8. The zero-order valence-corrected chi connectivity index (χ0v) is 17.3. The van der Waals surface area contributed by atoms with Crippen LogP contribution in [-0.2, 0) is 4.79 Å². The molecule has 0 bridgehead atoms. The van der Waals surface area contributed by atoms with Gasteiger partial charge in [0.05, 0.1) is 5.56 Å². The zero-order valence-electron chi connectivity index (χ0n) is 17.3. The van der Waals surface area contributed by atoms with Gasteiger partial charge in [-0.25, -0.2) is 4.79 Å². The Bertz CT molecular complexity index is 728. The Morgan fingerprint density at radius 3 is 2.55 bits per heavy atom. The third-order valence-electron chi connectivity index (χ3n) is 7.05. The Labute approximate surface area is 173 Å². The lowest BCUT2D eigenvalue weighted by Gasteiger charge is -2.44. The number of piperazine rings is 1. The summed E-state index contributed by atoms with van der Waals surface area (Å²) in [5.41, 5.74) is 1.24. The summed E-state index contributed by atoms with van der Waals surface area (Å²) in [6.07, 6.45) is 8.25. The number of nitrogens with zero attached hydrogens (tertiary/aromatic N) is 3. The molecule has 3 heterocycles. The van der Waals surface area contributed by atoms with Crippen molar-refractivity contribution in [3.63, 3.8) is 0 Å². The molecule has 6 heteroatoms. The molecule has 1 N–H and O–H groups in total. The van der Waals surface area contributed by atoms with Gasteiger partial charge in [0.15, 0.2) is 0 Å². The fourth-order valence-electron chi connectivity index (χ4n) is 5.43. The van der Waals surface area contributed by atoms with E-state index in [0.29, 0.717) is 23.9 Å². The maximum Gasteiger partial charge on any atom is 0.335 e. The standard InChI is InChI=1S/C23H33N3O3/c27-22(10-9-18-6-4-12-25-11-2-1-8-21(18)25)26-15-13-24(14-16-26)20-7-3-5-19(17-20)23(28)29/h3,5,7,17-18,21H,1-2,4,6,8-16H2,(H,28,29)/t18-,21+/m0/s1. The molecule has 3 aliphatic rings. The van der Waals surface area contributed by atoms with E-state index in [-0.39, 0.29) is 5.91 Å². The first-order valence-electron chi connectivity index (χ1n) is 11.2. The number of carboxylic acids is 1. The fourth-order valence-corrected chi connectivity index (χ4v) is 5.43. The smallest absolute Gasteiger partial charge is 0.335 e. The van der Waals surface area contributed by atoms with Crippen LogP contribution in [0.15, 0.2) is 24.3 Å². The molecule has 1 amide bonds. The topological polar surface area (TPSA) is 64.1 Å². The number of benzene rings is 1. The maximum atomic E-state index is 12.8. The van der Waals surface area contributed by atoms with E-state index in [2.05, 4.69) is 9.80 Å². The van der Waals surface area contributed by atoms with Crippen LogP contribution in [0.5, 0.6) is 0 Å². The lowest BCUT2D eigenvalue weighted by atomic mass is 9.81. The van der Waals surface area contributed by atoms with E-state index in [1.165, 1.54) is 45.2 Å². The number of aromatic carboxylic acids is 1. The molecule has 6 nitrogen and oxygen atoms in total. The molecular weight excluding hydrogens is 366 g/mol. The van der Waals surface area contributed by atoms with Gasteiger partial charge in [0, 0.05) is 44.3 Å². The van der Waals surface area contributed by atoms with Gasteiger partial charge in [0.25, 0.3) is 0 Å². The van der Waals surface area contributed by atoms with E-state index in [0.717, 1.165) is 38.3 Å². The molecule has 3 aliphatic heterocycles. The lowest BCUT2D eigenvalue weighted by molar-refractivity contribution is -0.132. The summed E-state index contributed by atoms with van der Waals surface area (Å²) in [6.45, 7) is 5.45. The van der Waals surface area contributed by atoms with E-state index in [9.17, 15) is 14.7 Å². The highest BCUT2D eigenvalue weighted by molar-refractivity contribution is 5.88. The summed E-state index contributed by atoms with van der Waals surface area (Å²) in [6, 6.07) is 7.78. The largest absolute Gasteiger partial charge is 0.478 e.